The summed E-state index contributed by atoms with van der Waals surface area (Å²) in [4.78, 5) is 19.1. The Morgan fingerprint density at radius 3 is 2.86 bits per heavy atom. The minimum absolute atomic E-state index is 0.0666. The zero-order chi connectivity index (χ0) is 20.1. The Labute approximate surface area is 169 Å². The Morgan fingerprint density at radius 1 is 1.32 bits per heavy atom. The van der Waals surface area contributed by atoms with Crippen LogP contribution in [0.25, 0.3) is 11.0 Å². The molecule has 0 aliphatic rings. The number of nitrogens with one attached hydrogen (secondary N) is 3. The van der Waals surface area contributed by atoms with Crippen molar-refractivity contribution in [3.8, 4) is 6.07 Å². The molecule has 0 aliphatic heterocycles. The lowest BCUT2D eigenvalue weighted by Gasteiger charge is -2.19. The molecule has 0 aliphatic carbocycles. The minimum atomic E-state index is -0.556. The van der Waals surface area contributed by atoms with E-state index < -0.39 is 11.8 Å². The van der Waals surface area contributed by atoms with Crippen LogP contribution in [0.15, 0.2) is 23.0 Å². The molecule has 0 radical (unpaired) electrons. The van der Waals surface area contributed by atoms with Crippen molar-refractivity contribution in [3.05, 3.63) is 55.7 Å². The van der Waals surface area contributed by atoms with Crippen LogP contribution in [-0.4, -0.2) is 44.7 Å². The first kappa shape index (κ1) is 20.3. The number of aromatic amines is 2. The van der Waals surface area contributed by atoms with Crippen molar-refractivity contribution in [1.82, 2.24) is 25.5 Å². The van der Waals surface area contributed by atoms with Crippen LogP contribution in [0.3, 0.4) is 0 Å². The number of nitrogens with zero attached hydrogens (tertiary/aromatic N) is 3. The van der Waals surface area contributed by atoms with Crippen LogP contribution in [0.5, 0.6) is 0 Å². The molecule has 0 bridgehead atoms. The number of aliphatic hydroxyl groups excluding tert-OH is 1. The number of rotatable bonds is 8. The van der Waals surface area contributed by atoms with Crippen molar-refractivity contribution >= 4 is 34.2 Å². The van der Waals surface area contributed by atoms with Gasteiger partial charge in [0.05, 0.1) is 23.3 Å². The standard InChI is InChI=1S/C17H16Cl2N6O3/c18-10-2-1-9(5-11(10)19)8-21-14(28-4-3-26)6-13-22-15-12(7-20)24-25-16(15)17(27)23-13/h1-2,5,14,21,26H,3-4,6,8H2,(H,24,25)(H,22,23,27)/t14-/m0/s1. The summed E-state index contributed by atoms with van der Waals surface area (Å²) >= 11 is 11.9. The van der Waals surface area contributed by atoms with E-state index >= 15 is 0 Å². The molecular formula is C17H16Cl2N6O3. The number of benzene rings is 1. The molecule has 4 N–H and O–H groups in total. The third-order valence-electron chi connectivity index (χ3n) is 3.88. The number of nitriles is 1. The van der Waals surface area contributed by atoms with Crippen LogP contribution < -0.4 is 10.9 Å². The average Bonchev–Trinajstić information content (AvgIpc) is 3.10. The molecule has 0 saturated heterocycles. The number of ether oxygens (including phenoxy) is 1. The highest BCUT2D eigenvalue weighted by atomic mass is 35.5. The maximum absolute atomic E-state index is 12.2. The maximum atomic E-state index is 12.2. The second kappa shape index (κ2) is 9.14. The summed E-state index contributed by atoms with van der Waals surface area (Å²) in [5.74, 6) is 0.319. The Balaban J connectivity index is 1.78. The summed E-state index contributed by atoms with van der Waals surface area (Å²) in [5, 5.41) is 28.5. The lowest BCUT2D eigenvalue weighted by atomic mass is 10.2. The molecule has 11 heteroatoms. The number of H-pyrrole nitrogens is 2. The fraction of sp³-hybridized carbons (Fsp3) is 0.294. The molecule has 2 aromatic heterocycles. The minimum Gasteiger partial charge on any atom is -0.394 e. The average molecular weight is 423 g/mol. The van der Waals surface area contributed by atoms with Crippen molar-refractivity contribution in [3.63, 3.8) is 0 Å². The molecule has 1 aromatic carbocycles. The van der Waals surface area contributed by atoms with Gasteiger partial charge in [0.25, 0.3) is 5.56 Å². The summed E-state index contributed by atoms with van der Waals surface area (Å²) < 4.78 is 5.59. The topological polar surface area (TPSA) is 140 Å². The van der Waals surface area contributed by atoms with Crippen molar-refractivity contribution in [2.75, 3.05) is 13.2 Å². The highest BCUT2D eigenvalue weighted by Gasteiger charge is 2.16. The van der Waals surface area contributed by atoms with E-state index in [0.29, 0.717) is 22.4 Å². The maximum Gasteiger partial charge on any atom is 0.279 e. The van der Waals surface area contributed by atoms with Crippen LogP contribution in [0, 0.1) is 11.3 Å². The lowest BCUT2D eigenvalue weighted by molar-refractivity contribution is 0.00742. The summed E-state index contributed by atoms with van der Waals surface area (Å²) in [6, 6.07) is 7.16. The van der Waals surface area contributed by atoms with E-state index in [1.165, 1.54) is 0 Å². The third-order valence-corrected chi connectivity index (χ3v) is 4.62. The third kappa shape index (κ3) is 4.67. The largest absolute Gasteiger partial charge is 0.394 e. The molecule has 1 atom stereocenters. The van der Waals surface area contributed by atoms with Crippen LogP contribution >= 0.6 is 23.2 Å². The predicted molar refractivity (Wildman–Crippen MR) is 103 cm³/mol. The van der Waals surface area contributed by atoms with Gasteiger partial charge in [0.2, 0.25) is 0 Å². The van der Waals surface area contributed by atoms with Gasteiger partial charge in [-0.25, -0.2) is 4.98 Å². The molecule has 146 valence electrons. The smallest absolute Gasteiger partial charge is 0.279 e. The van der Waals surface area contributed by atoms with Gasteiger partial charge in [-0.2, -0.15) is 10.4 Å². The van der Waals surface area contributed by atoms with Crippen LogP contribution in [0.2, 0.25) is 10.0 Å². The van der Waals surface area contributed by atoms with E-state index in [9.17, 15) is 4.79 Å². The molecule has 2 heterocycles. The Kier molecular flexibility index (Phi) is 6.61. The molecule has 3 aromatic rings. The molecule has 9 nitrogen and oxygen atoms in total. The molecule has 0 saturated carbocycles. The van der Waals surface area contributed by atoms with Gasteiger partial charge in [0, 0.05) is 13.0 Å². The fourth-order valence-electron chi connectivity index (χ4n) is 2.57. The molecule has 28 heavy (non-hydrogen) atoms. The SMILES string of the molecule is N#Cc1[nH]nc2c(=O)[nH]c(C[C@@H](NCc3ccc(Cl)c(Cl)c3)OCCO)nc12. The van der Waals surface area contributed by atoms with E-state index in [-0.39, 0.29) is 36.4 Å². The highest BCUT2D eigenvalue weighted by Crippen LogP contribution is 2.22. The van der Waals surface area contributed by atoms with Crippen molar-refractivity contribution in [2.45, 2.75) is 19.2 Å². The first-order chi connectivity index (χ1) is 13.5. The van der Waals surface area contributed by atoms with E-state index in [1.807, 2.05) is 12.1 Å². The van der Waals surface area contributed by atoms with Crippen LogP contribution in [0.4, 0.5) is 0 Å². The van der Waals surface area contributed by atoms with Crippen molar-refractivity contribution < 1.29 is 9.84 Å². The number of aliphatic hydroxyl groups is 1. The summed E-state index contributed by atoms with van der Waals surface area (Å²) in [7, 11) is 0. The number of halogens is 2. The zero-order valence-electron chi connectivity index (χ0n) is 14.5. The first-order valence-corrected chi connectivity index (χ1v) is 9.04. The summed E-state index contributed by atoms with van der Waals surface area (Å²) in [6.07, 6.45) is -0.359. The van der Waals surface area contributed by atoms with Crippen LogP contribution in [-0.2, 0) is 17.7 Å². The second-order valence-electron chi connectivity index (χ2n) is 5.84. The van der Waals surface area contributed by atoms with Gasteiger partial charge in [0.15, 0.2) is 11.2 Å². The van der Waals surface area contributed by atoms with Gasteiger partial charge in [0.1, 0.15) is 23.6 Å². The van der Waals surface area contributed by atoms with Gasteiger partial charge in [-0.3, -0.25) is 15.2 Å². The quantitative estimate of drug-likeness (QED) is 0.403. The molecule has 0 spiro atoms. The predicted octanol–water partition coefficient (Wildman–Crippen LogP) is 1.49. The lowest BCUT2D eigenvalue weighted by Crippen LogP contribution is -2.35. The highest BCUT2D eigenvalue weighted by molar-refractivity contribution is 6.42. The Bertz CT molecular complexity index is 1070. The molecular weight excluding hydrogens is 407 g/mol. The molecule has 3 rings (SSSR count). The normalized spacial score (nSPS) is 12.2. The Hall–Kier alpha value is -2.48. The molecule has 0 unspecified atom stereocenters. The van der Waals surface area contributed by atoms with Gasteiger partial charge in [-0.1, -0.05) is 29.3 Å². The number of hydrogen-bond donors (Lipinski definition) is 4. The van der Waals surface area contributed by atoms with Gasteiger partial charge >= 0.3 is 0 Å². The van der Waals surface area contributed by atoms with Crippen molar-refractivity contribution in [1.29, 1.82) is 5.26 Å². The zero-order valence-corrected chi connectivity index (χ0v) is 16.0. The number of fused-ring (bicyclic) bond motifs is 1. The van der Waals surface area contributed by atoms with Gasteiger partial charge < -0.3 is 14.8 Å². The summed E-state index contributed by atoms with van der Waals surface area (Å²) in [5.41, 5.74) is 0.802. The fourth-order valence-corrected chi connectivity index (χ4v) is 2.89. The number of hydrogen-bond acceptors (Lipinski definition) is 7. The second-order valence-corrected chi connectivity index (χ2v) is 6.65. The number of aromatic nitrogens is 4. The van der Waals surface area contributed by atoms with E-state index in [0.717, 1.165) is 5.56 Å². The van der Waals surface area contributed by atoms with Gasteiger partial charge in [-0.05, 0) is 17.7 Å². The van der Waals surface area contributed by atoms with E-state index in [4.69, 9.17) is 38.3 Å². The molecule has 0 amide bonds. The Morgan fingerprint density at radius 2 is 2.14 bits per heavy atom. The van der Waals surface area contributed by atoms with Crippen LogP contribution in [0.1, 0.15) is 17.1 Å². The van der Waals surface area contributed by atoms with Crippen molar-refractivity contribution in [2.24, 2.45) is 0 Å². The summed E-state index contributed by atoms with van der Waals surface area (Å²) in [6.45, 7) is 0.351. The van der Waals surface area contributed by atoms with E-state index in [1.54, 1.807) is 12.1 Å². The first-order valence-electron chi connectivity index (χ1n) is 8.29. The van der Waals surface area contributed by atoms with Gasteiger partial charge in [-0.15, -0.1) is 0 Å². The monoisotopic (exact) mass is 422 g/mol. The van der Waals surface area contributed by atoms with E-state index in [2.05, 4.69) is 25.5 Å². The molecule has 0 fully saturated rings.